The van der Waals surface area contributed by atoms with Crippen molar-refractivity contribution in [3.63, 3.8) is 0 Å². The van der Waals surface area contributed by atoms with E-state index in [-0.39, 0.29) is 30.3 Å². The average molecular weight is 414 g/mol. The molecule has 0 radical (unpaired) electrons. The van der Waals surface area contributed by atoms with E-state index in [9.17, 15) is 19.2 Å². The minimum Gasteiger partial charge on any atom is -0.274 e. The Kier molecular flexibility index (Phi) is 3.94. The lowest BCUT2D eigenvalue weighted by Gasteiger charge is -2.41. The lowest BCUT2D eigenvalue weighted by Crippen LogP contribution is -2.55. The summed E-state index contributed by atoms with van der Waals surface area (Å²) in [5, 5.41) is 0. The van der Waals surface area contributed by atoms with Crippen molar-refractivity contribution in [3.05, 3.63) is 69.8 Å². The number of benzene rings is 2. The third kappa shape index (κ3) is 2.51. The molecule has 6 rings (SSSR count). The Bertz CT molecular complexity index is 1090. The third-order valence-corrected chi connectivity index (χ3v) is 7.33. The largest absolute Gasteiger partial charge is 0.274 e. The number of hydrogen-bond acceptors (Lipinski definition) is 4. The molecular formula is C25H22N2O4. The predicted octanol–water partition coefficient (Wildman–Crippen LogP) is 3.15. The molecule has 0 aromatic heterocycles. The highest BCUT2D eigenvalue weighted by atomic mass is 16.2. The highest BCUT2D eigenvalue weighted by molar-refractivity contribution is 6.15. The van der Waals surface area contributed by atoms with Crippen LogP contribution in [0.4, 0.5) is 0 Å². The molecule has 2 aromatic rings. The summed E-state index contributed by atoms with van der Waals surface area (Å²) in [5.74, 6) is -2.17. The smallest absolute Gasteiger partial charge is 0.262 e. The number of amides is 4. The van der Waals surface area contributed by atoms with Gasteiger partial charge in [0.2, 0.25) is 11.8 Å². The first kappa shape index (κ1) is 18.5. The molecule has 2 aliphatic carbocycles. The van der Waals surface area contributed by atoms with Crippen LogP contribution >= 0.6 is 0 Å². The van der Waals surface area contributed by atoms with Crippen LogP contribution < -0.4 is 0 Å². The number of carbonyl (C=O) groups excluding carboxylic acids is 4. The number of imide groups is 2. The van der Waals surface area contributed by atoms with Gasteiger partial charge in [-0.1, -0.05) is 24.3 Å². The molecule has 2 aliphatic heterocycles. The first-order chi connectivity index (χ1) is 15.1. The molecule has 2 heterocycles. The second kappa shape index (κ2) is 6.61. The van der Waals surface area contributed by atoms with Gasteiger partial charge in [-0.15, -0.1) is 0 Å². The number of hydrogen-bond donors (Lipinski definition) is 0. The van der Waals surface area contributed by atoms with Gasteiger partial charge in [0.05, 0.1) is 11.8 Å². The van der Waals surface area contributed by atoms with Crippen LogP contribution in [0.25, 0.3) is 0 Å². The molecule has 6 nitrogen and oxygen atoms in total. The predicted molar refractivity (Wildman–Crippen MR) is 111 cm³/mol. The fourth-order valence-corrected chi connectivity index (χ4v) is 5.91. The van der Waals surface area contributed by atoms with Crippen molar-refractivity contribution in [1.82, 2.24) is 9.80 Å². The lowest BCUT2D eigenvalue weighted by atomic mass is 9.76. The lowest BCUT2D eigenvalue weighted by molar-refractivity contribution is -0.137. The minimum atomic E-state index is -0.413. The van der Waals surface area contributed by atoms with Crippen LogP contribution in [0.15, 0.2) is 36.4 Å². The van der Waals surface area contributed by atoms with Gasteiger partial charge in [0, 0.05) is 11.1 Å². The van der Waals surface area contributed by atoms with Crippen molar-refractivity contribution in [1.29, 1.82) is 0 Å². The summed E-state index contributed by atoms with van der Waals surface area (Å²) in [6, 6.07) is 11.2. The Morgan fingerprint density at radius 2 is 1.13 bits per heavy atom. The molecule has 0 N–H and O–H groups in total. The topological polar surface area (TPSA) is 74.8 Å². The maximum Gasteiger partial charge on any atom is 0.262 e. The summed E-state index contributed by atoms with van der Waals surface area (Å²) in [4.78, 5) is 55.4. The van der Waals surface area contributed by atoms with E-state index >= 15 is 0 Å². The van der Waals surface area contributed by atoms with Crippen LogP contribution in [0, 0.1) is 0 Å². The van der Waals surface area contributed by atoms with E-state index < -0.39 is 11.8 Å². The van der Waals surface area contributed by atoms with Crippen molar-refractivity contribution in [2.24, 2.45) is 0 Å². The SMILES string of the molecule is O=C1c2cccc3c2C(CCC3)C(=O)N1CN1C(=O)c2cccc3c2C(CCC3)C1=O. The number of aryl methyl sites for hydroxylation is 2. The molecule has 0 saturated heterocycles. The summed E-state index contributed by atoms with van der Waals surface area (Å²) >= 11 is 0. The van der Waals surface area contributed by atoms with Crippen molar-refractivity contribution >= 4 is 23.6 Å². The maximum atomic E-state index is 13.3. The molecule has 2 aromatic carbocycles. The average Bonchev–Trinajstić information content (AvgIpc) is 2.80. The standard InChI is InChI=1S/C25H22N2O4/c28-22-16-9-1-5-14-6-2-10-17(20(14)16)23(29)26(22)13-27-24(30)18-11-3-7-15-8-4-12-19(21(15)18)25(27)31/h1,3,5,7,9,11,17,19H,2,4,6,8,10,12-13H2. The monoisotopic (exact) mass is 414 g/mol. The van der Waals surface area contributed by atoms with Gasteiger partial charge in [0.25, 0.3) is 11.8 Å². The third-order valence-electron chi connectivity index (χ3n) is 7.33. The molecule has 4 amide bonds. The zero-order chi connectivity index (χ0) is 21.3. The van der Waals surface area contributed by atoms with E-state index in [0.717, 1.165) is 57.7 Å². The maximum absolute atomic E-state index is 13.3. The van der Waals surface area contributed by atoms with Crippen molar-refractivity contribution in [3.8, 4) is 0 Å². The first-order valence-electron chi connectivity index (χ1n) is 11.0. The molecule has 4 aliphatic rings. The zero-order valence-electron chi connectivity index (χ0n) is 17.1. The van der Waals surface area contributed by atoms with E-state index in [2.05, 4.69) is 0 Å². The molecule has 6 heteroatoms. The van der Waals surface area contributed by atoms with Crippen LogP contribution in [-0.2, 0) is 22.4 Å². The summed E-state index contributed by atoms with van der Waals surface area (Å²) in [6.07, 6.45) is 4.87. The molecule has 2 unspecified atom stereocenters. The van der Waals surface area contributed by atoms with Crippen LogP contribution in [0.2, 0.25) is 0 Å². The second-order valence-corrected chi connectivity index (χ2v) is 8.93. The van der Waals surface area contributed by atoms with Crippen LogP contribution in [-0.4, -0.2) is 40.1 Å². The van der Waals surface area contributed by atoms with E-state index in [4.69, 9.17) is 0 Å². The summed E-state index contributed by atoms with van der Waals surface area (Å²) in [6.45, 7) is -0.310. The Morgan fingerprint density at radius 3 is 1.58 bits per heavy atom. The first-order valence-corrected chi connectivity index (χ1v) is 11.0. The quantitative estimate of drug-likeness (QED) is 0.708. The normalized spacial score (nSPS) is 24.3. The fourth-order valence-electron chi connectivity index (χ4n) is 5.91. The number of rotatable bonds is 2. The Morgan fingerprint density at radius 1 is 0.677 bits per heavy atom. The Hall–Kier alpha value is -3.28. The molecular weight excluding hydrogens is 392 g/mol. The van der Waals surface area contributed by atoms with Gasteiger partial charge in [0.1, 0.15) is 6.67 Å². The van der Waals surface area contributed by atoms with Gasteiger partial charge in [-0.3, -0.25) is 29.0 Å². The summed E-state index contributed by atoms with van der Waals surface area (Å²) in [7, 11) is 0. The van der Waals surface area contributed by atoms with Gasteiger partial charge < -0.3 is 0 Å². The van der Waals surface area contributed by atoms with E-state index in [1.165, 1.54) is 0 Å². The van der Waals surface area contributed by atoms with Crippen LogP contribution in [0.1, 0.15) is 80.5 Å². The van der Waals surface area contributed by atoms with Crippen LogP contribution in [0.3, 0.4) is 0 Å². The molecule has 31 heavy (non-hydrogen) atoms. The summed E-state index contributed by atoms with van der Waals surface area (Å²) in [5.41, 5.74) is 4.86. The van der Waals surface area contributed by atoms with Gasteiger partial charge in [-0.25, -0.2) is 0 Å². The second-order valence-electron chi connectivity index (χ2n) is 8.93. The van der Waals surface area contributed by atoms with Gasteiger partial charge in [-0.2, -0.15) is 0 Å². The fraction of sp³-hybridized carbons (Fsp3) is 0.360. The molecule has 156 valence electrons. The molecule has 0 spiro atoms. The minimum absolute atomic E-state index is 0.298. The van der Waals surface area contributed by atoms with E-state index in [1.54, 1.807) is 12.1 Å². The van der Waals surface area contributed by atoms with Gasteiger partial charge in [-0.05, 0) is 72.9 Å². The zero-order valence-corrected chi connectivity index (χ0v) is 17.1. The van der Waals surface area contributed by atoms with Crippen molar-refractivity contribution in [2.75, 3.05) is 6.67 Å². The molecule has 0 bridgehead atoms. The molecule has 2 atom stereocenters. The Balaban J connectivity index is 1.39. The van der Waals surface area contributed by atoms with Gasteiger partial charge >= 0.3 is 0 Å². The number of carbonyl (C=O) groups is 4. The highest BCUT2D eigenvalue weighted by Crippen LogP contribution is 2.42. The highest BCUT2D eigenvalue weighted by Gasteiger charge is 2.46. The van der Waals surface area contributed by atoms with Gasteiger partial charge in [0.15, 0.2) is 0 Å². The summed E-state index contributed by atoms with van der Waals surface area (Å²) < 4.78 is 0. The van der Waals surface area contributed by atoms with Crippen LogP contribution in [0.5, 0.6) is 0 Å². The number of nitrogens with zero attached hydrogens (tertiary/aromatic N) is 2. The van der Waals surface area contributed by atoms with Crippen molar-refractivity contribution < 1.29 is 19.2 Å². The van der Waals surface area contributed by atoms with E-state index in [0.29, 0.717) is 24.0 Å². The van der Waals surface area contributed by atoms with Crippen molar-refractivity contribution in [2.45, 2.75) is 50.4 Å². The molecule has 0 fully saturated rings. The molecule has 0 saturated carbocycles. The van der Waals surface area contributed by atoms with E-state index in [1.807, 2.05) is 24.3 Å². The Labute approximate surface area is 179 Å².